The summed E-state index contributed by atoms with van der Waals surface area (Å²) in [5.74, 6) is -3.03. The second kappa shape index (κ2) is 19.8. The first-order valence-electron chi connectivity index (χ1n) is 15.8. The van der Waals surface area contributed by atoms with Gasteiger partial charge in [0.05, 0.1) is 6.10 Å². The number of rotatable bonds is 17. The summed E-state index contributed by atoms with van der Waals surface area (Å²) in [4.78, 5) is 82.0. The molecule has 0 aliphatic carbocycles. The molecule has 6 atom stereocenters. The van der Waals surface area contributed by atoms with Crippen LogP contribution < -0.4 is 16.0 Å². The first-order chi connectivity index (χ1) is 20.8. The van der Waals surface area contributed by atoms with Crippen molar-refractivity contribution in [2.75, 3.05) is 28.2 Å². The van der Waals surface area contributed by atoms with Gasteiger partial charge in [-0.3, -0.25) is 29.3 Å². The maximum absolute atomic E-state index is 13.7. The highest BCUT2D eigenvalue weighted by atomic mass is 16.3. The number of hydrogen-bond acceptors (Lipinski definition) is 7. The monoisotopic (exact) mass is 638 g/mol. The Balaban J connectivity index is 6.07. The van der Waals surface area contributed by atoms with Crippen LogP contribution in [-0.2, 0) is 24.0 Å². The number of likely N-dealkylation sites (N-methyl/N-ethyl adjacent to an activating group) is 3. The number of aliphatic hydroxyl groups excluding tert-OH is 1. The summed E-state index contributed by atoms with van der Waals surface area (Å²) in [6.45, 7) is 14.4. The Morgan fingerprint density at radius 2 is 1.40 bits per heavy atom. The Morgan fingerprint density at radius 1 is 0.822 bits per heavy atom. The first-order valence-corrected chi connectivity index (χ1v) is 15.8. The molecule has 13 nitrogen and oxygen atoms in total. The lowest BCUT2D eigenvalue weighted by molar-refractivity contribution is -0.150. The number of aliphatic hydroxyl groups is 1. The first kappa shape index (κ1) is 41.5. The third-order valence-corrected chi connectivity index (χ3v) is 7.90. The number of carbonyl (C=O) groups is 6. The molecule has 45 heavy (non-hydrogen) atoms. The Bertz CT molecular complexity index is 1050. The Morgan fingerprint density at radius 3 is 1.87 bits per heavy atom. The zero-order chi connectivity index (χ0) is 35.2. The minimum atomic E-state index is -1.25. The van der Waals surface area contributed by atoms with Crippen molar-refractivity contribution < 1.29 is 33.9 Å². The van der Waals surface area contributed by atoms with Gasteiger partial charge in [0.2, 0.25) is 23.6 Å². The predicted octanol–water partition coefficient (Wildman–Crippen LogP) is 1.89. The van der Waals surface area contributed by atoms with Crippen molar-refractivity contribution in [3.8, 4) is 0 Å². The zero-order valence-electron chi connectivity index (χ0n) is 29.3. The molecule has 7 amide bonds. The van der Waals surface area contributed by atoms with Crippen molar-refractivity contribution in [3.63, 3.8) is 0 Å². The van der Waals surface area contributed by atoms with Crippen LogP contribution in [0.4, 0.5) is 4.79 Å². The topological polar surface area (TPSA) is 168 Å². The van der Waals surface area contributed by atoms with Crippen LogP contribution in [0.5, 0.6) is 0 Å². The van der Waals surface area contributed by atoms with Gasteiger partial charge in [0.15, 0.2) is 0 Å². The van der Waals surface area contributed by atoms with Crippen molar-refractivity contribution >= 4 is 35.6 Å². The van der Waals surface area contributed by atoms with E-state index in [1.807, 2.05) is 46.8 Å². The average molecular weight is 639 g/mol. The molecule has 0 unspecified atom stereocenters. The van der Waals surface area contributed by atoms with Gasteiger partial charge in [0.1, 0.15) is 24.2 Å². The number of carbonyl (C=O) groups excluding carboxylic acids is 6. The van der Waals surface area contributed by atoms with Crippen molar-refractivity contribution in [1.29, 1.82) is 0 Å². The van der Waals surface area contributed by atoms with E-state index in [0.29, 0.717) is 6.42 Å². The van der Waals surface area contributed by atoms with E-state index in [1.165, 1.54) is 49.8 Å². The normalized spacial score (nSPS) is 15.4. The summed E-state index contributed by atoms with van der Waals surface area (Å²) in [5, 5.41) is 18.5. The van der Waals surface area contributed by atoms with Gasteiger partial charge < -0.3 is 30.4 Å². The quantitative estimate of drug-likeness (QED) is 0.176. The summed E-state index contributed by atoms with van der Waals surface area (Å²) < 4.78 is 0. The third kappa shape index (κ3) is 12.8. The van der Waals surface area contributed by atoms with Gasteiger partial charge in [-0.15, -0.1) is 0 Å². The van der Waals surface area contributed by atoms with Crippen LogP contribution in [-0.4, -0.2) is 114 Å². The van der Waals surface area contributed by atoms with Crippen molar-refractivity contribution in [2.24, 2.45) is 17.8 Å². The fourth-order valence-corrected chi connectivity index (χ4v) is 4.80. The summed E-state index contributed by atoms with van der Waals surface area (Å²) in [6, 6.07) is -4.99. The highest BCUT2D eigenvalue weighted by molar-refractivity contribution is 5.99. The molecule has 0 saturated carbocycles. The molecule has 0 spiro atoms. The standard InChI is InChI=1S/C32H58N6O7/c1-13-15-16-21(7)27(40)26(38(12)25(39)18-20(5)6)29(42)34-23(14-2)31(44)36(10)22(8)30(43)37(11)24(17-19(3)4)28(41)35-32(45)33-9/h13,15,19-24,26-27,40H,14,16-18H2,1-12H3,(H,34,42)(H2,33,35,41,45)/b15-13+/t21-,22-,23+,24+,26+,27-/m1/s1. The Hall–Kier alpha value is -3.48. The highest BCUT2D eigenvalue weighted by Crippen LogP contribution is 2.19. The largest absolute Gasteiger partial charge is 0.390 e. The maximum Gasteiger partial charge on any atom is 0.321 e. The van der Waals surface area contributed by atoms with Crippen molar-refractivity contribution in [2.45, 2.75) is 111 Å². The smallest absolute Gasteiger partial charge is 0.321 e. The van der Waals surface area contributed by atoms with Gasteiger partial charge in [-0.25, -0.2) is 4.79 Å². The molecule has 258 valence electrons. The molecule has 4 N–H and O–H groups in total. The molecule has 0 rings (SSSR count). The molecule has 0 heterocycles. The molecule has 13 heteroatoms. The Labute approximate surface area is 269 Å². The van der Waals surface area contributed by atoms with Crippen LogP contribution >= 0.6 is 0 Å². The van der Waals surface area contributed by atoms with Crippen LogP contribution in [0.2, 0.25) is 0 Å². The van der Waals surface area contributed by atoms with E-state index >= 15 is 0 Å². The summed E-state index contributed by atoms with van der Waals surface area (Å²) in [7, 11) is 5.71. The molecule has 0 fully saturated rings. The number of nitrogens with one attached hydrogen (secondary N) is 3. The zero-order valence-corrected chi connectivity index (χ0v) is 29.3. The highest BCUT2D eigenvalue weighted by Gasteiger charge is 2.39. The number of imide groups is 1. The van der Waals surface area contributed by atoms with E-state index < -0.39 is 59.9 Å². The number of nitrogens with zero attached hydrogens (tertiary/aromatic N) is 3. The number of urea groups is 1. The molecule has 0 aromatic heterocycles. The van der Waals surface area contributed by atoms with Crippen LogP contribution in [0.3, 0.4) is 0 Å². The SMILES string of the molecule is C/C=C/C[C@@H](C)[C@@H](O)[C@@H](C(=O)N[C@@H](CC)C(=O)N(C)[C@H](C)C(=O)N(C)[C@@H](CC(C)C)C(=O)NC(=O)NC)N(C)C(=O)CC(C)C. The molecule has 0 saturated heterocycles. The van der Waals surface area contributed by atoms with E-state index in [1.54, 1.807) is 13.8 Å². The molecule has 0 aliphatic rings. The Kier molecular flexibility index (Phi) is 18.3. The number of hydrogen-bond donors (Lipinski definition) is 4. The molecular formula is C32H58N6O7. The van der Waals surface area contributed by atoms with Crippen LogP contribution in [0.1, 0.15) is 81.1 Å². The molecule has 0 aromatic carbocycles. The van der Waals surface area contributed by atoms with E-state index in [4.69, 9.17) is 0 Å². The van der Waals surface area contributed by atoms with Crippen molar-refractivity contribution in [3.05, 3.63) is 12.2 Å². The minimum absolute atomic E-state index is 0.0181. The van der Waals surface area contributed by atoms with E-state index in [0.717, 1.165) is 0 Å². The number of allylic oxidation sites excluding steroid dienone is 2. The minimum Gasteiger partial charge on any atom is -0.390 e. The lowest BCUT2D eigenvalue weighted by Gasteiger charge is -2.36. The van der Waals surface area contributed by atoms with Gasteiger partial charge in [0, 0.05) is 34.6 Å². The van der Waals surface area contributed by atoms with E-state index in [2.05, 4.69) is 16.0 Å². The average Bonchev–Trinajstić information content (AvgIpc) is 2.98. The number of amides is 7. The van der Waals surface area contributed by atoms with Gasteiger partial charge >= 0.3 is 6.03 Å². The van der Waals surface area contributed by atoms with E-state index in [9.17, 15) is 33.9 Å². The summed E-state index contributed by atoms with van der Waals surface area (Å²) >= 11 is 0. The van der Waals surface area contributed by atoms with Crippen LogP contribution in [0.25, 0.3) is 0 Å². The summed E-state index contributed by atoms with van der Waals surface area (Å²) in [6.07, 6.45) is 3.63. The molecule has 0 aliphatic heterocycles. The second-order valence-corrected chi connectivity index (χ2v) is 12.6. The molecule has 0 radical (unpaired) electrons. The predicted molar refractivity (Wildman–Crippen MR) is 174 cm³/mol. The molecular weight excluding hydrogens is 580 g/mol. The fraction of sp³-hybridized carbons (Fsp3) is 0.750. The van der Waals surface area contributed by atoms with Gasteiger partial charge in [-0.2, -0.15) is 0 Å². The van der Waals surface area contributed by atoms with Crippen LogP contribution in [0, 0.1) is 17.8 Å². The molecule has 0 bridgehead atoms. The van der Waals surface area contributed by atoms with Gasteiger partial charge in [-0.05, 0) is 50.9 Å². The van der Waals surface area contributed by atoms with E-state index in [-0.39, 0.29) is 42.9 Å². The summed E-state index contributed by atoms with van der Waals surface area (Å²) in [5.41, 5.74) is 0. The lowest BCUT2D eigenvalue weighted by Crippen LogP contribution is -2.60. The maximum atomic E-state index is 13.7. The van der Waals surface area contributed by atoms with Gasteiger partial charge in [-0.1, -0.05) is 53.7 Å². The third-order valence-electron chi connectivity index (χ3n) is 7.90. The molecule has 0 aromatic rings. The van der Waals surface area contributed by atoms with Crippen LogP contribution in [0.15, 0.2) is 12.2 Å². The van der Waals surface area contributed by atoms with Gasteiger partial charge in [0.25, 0.3) is 5.91 Å². The van der Waals surface area contributed by atoms with Crippen molar-refractivity contribution in [1.82, 2.24) is 30.7 Å². The fourth-order valence-electron chi connectivity index (χ4n) is 4.80. The lowest BCUT2D eigenvalue weighted by atomic mass is 9.92. The second-order valence-electron chi connectivity index (χ2n) is 12.6.